The smallest absolute Gasteiger partial charge is 0.462 e. The summed E-state index contributed by atoms with van der Waals surface area (Å²) in [7, 11) is -9.91. The lowest BCUT2D eigenvalue weighted by atomic mass is 10.0. The van der Waals surface area contributed by atoms with Crippen molar-refractivity contribution in [3.8, 4) is 0 Å². The van der Waals surface area contributed by atoms with Crippen molar-refractivity contribution in [1.29, 1.82) is 0 Å². The van der Waals surface area contributed by atoms with Crippen LogP contribution in [0.15, 0.2) is 0 Å². The molecule has 0 fully saturated rings. The van der Waals surface area contributed by atoms with Crippen molar-refractivity contribution in [2.75, 3.05) is 39.6 Å². The number of aliphatic hydroxyl groups is 1. The third-order valence-corrected chi connectivity index (χ3v) is 20.7. The third kappa shape index (κ3) is 74.1. The van der Waals surface area contributed by atoms with Gasteiger partial charge in [0.1, 0.15) is 19.3 Å². The van der Waals surface area contributed by atoms with Gasteiger partial charge < -0.3 is 33.8 Å². The van der Waals surface area contributed by atoms with Crippen LogP contribution in [0.25, 0.3) is 0 Å². The van der Waals surface area contributed by atoms with Gasteiger partial charge in [0.15, 0.2) is 12.2 Å². The molecule has 0 spiro atoms. The Kier molecular flexibility index (Phi) is 71.6. The minimum absolute atomic E-state index is 0.108. The monoisotopic (exact) mass is 1450 g/mol. The van der Waals surface area contributed by atoms with Crippen LogP contribution >= 0.6 is 15.6 Å². The second-order valence-corrected chi connectivity index (χ2v) is 32.2. The standard InChI is InChI=1S/C80H156O17P2/c1-6-9-12-15-18-21-23-25-26-27-28-29-30-31-32-33-37-42-46-51-56-61-66-80(85)97-76(70-91-78(83)64-59-54-49-44-40-38-34-36-39-43-47-52-57-62-73(4)5)72-95-99(88,89)93-68-74(81)67-92-98(86,87)94-71-75(69-90-77(82)63-58-53-48-20-17-14-11-8-3)96-79(84)65-60-55-50-45-41-35-24-22-19-16-13-10-7-2/h73-76,81H,6-72H2,1-5H3,(H,86,87)(H,88,89)/t74-,75+,76+/m0/s1. The van der Waals surface area contributed by atoms with E-state index in [9.17, 15) is 43.2 Å². The number of ether oxygens (including phenoxy) is 4. The summed E-state index contributed by atoms with van der Waals surface area (Å²) in [5, 5.41) is 10.6. The molecule has 5 atom stereocenters. The van der Waals surface area contributed by atoms with Crippen LogP contribution in [0.4, 0.5) is 0 Å². The van der Waals surface area contributed by atoms with Gasteiger partial charge in [0.2, 0.25) is 0 Å². The third-order valence-electron chi connectivity index (χ3n) is 18.8. The Morgan fingerprint density at radius 3 is 0.687 bits per heavy atom. The van der Waals surface area contributed by atoms with Crippen LogP contribution < -0.4 is 0 Å². The van der Waals surface area contributed by atoms with Crippen molar-refractivity contribution in [2.24, 2.45) is 5.92 Å². The topological polar surface area (TPSA) is 237 Å². The molecule has 0 aliphatic heterocycles. The Bertz CT molecular complexity index is 1890. The largest absolute Gasteiger partial charge is 0.472 e. The highest BCUT2D eigenvalue weighted by Crippen LogP contribution is 2.45. The van der Waals surface area contributed by atoms with Crippen LogP contribution in [0.5, 0.6) is 0 Å². The van der Waals surface area contributed by atoms with Crippen LogP contribution in [0.1, 0.15) is 426 Å². The number of hydrogen-bond donors (Lipinski definition) is 3. The first-order valence-electron chi connectivity index (χ1n) is 41.6. The average molecular weight is 1450 g/mol. The zero-order chi connectivity index (χ0) is 72.7. The van der Waals surface area contributed by atoms with Crippen molar-refractivity contribution in [3.05, 3.63) is 0 Å². The normalized spacial score (nSPS) is 13.9. The Morgan fingerprint density at radius 2 is 0.465 bits per heavy atom. The van der Waals surface area contributed by atoms with Gasteiger partial charge in [0, 0.05) is 25.7 Å². The molecule has 0 aliphatic rings. The number of rotatable bonds is 80. The second-order valence-electron chi connectivity index (χ2n) is 29.3. The fourth-order valence-corrected chi connectivity index (χ4v) is 14.0. The summed E-state index contributed by atoms with van der Waals surface area (Å²) in [6.45, 7) is 7.31. The Balaban J connectivity index is 5.17. The van der Waals surface area contributed by atoms with Crippen molar-refractivity contribution < 1.29 is 80.2 Å². The molecule has 0 amide bonds. The first-order valence-corrected chi connectivity index (χ1v) is 44.6. The Hall–Kier alpha value is -1.94. The molecule has 0 saturated carbocycles. The van der Waals surface area contributed by atoms with Crippen molar-refractivity contribution in [3.63, 3.8) is 0 Å². The molecule has 0 rings (SSSR count). The van der Waals surface area contributed by atoms with E-state index < -0.39 is 97.5 Å². The Labute approximate surface area is 607 Å². The maximum atomic E-state index is 13.1. The summed E-state index contributed by atoms with van der Waals surface area (Å²) in [6, 6.07) is 0. The van der Waals surface area contributed by atoms with E-state index in [0.29, 0.717) is 25.7 Å². The molecule has 19 heteroatoms. The lowest BCUT2D eigenvalue weighted by Crippen LogP contribution is -2.30. The summed E-state index contributed by atoms with van der Waals surface area (Å²) < 4.78 is 68.6. The maximum absolute atomic E-state index is 13.1. The van der Waals surface area contributed by atoms with Gasteiger partial charge in [-0.25, -0.2) is 9.13 Å². The Morgan fingerprint density at radius 1 is 0.273 bits per heavy atom. The van der Waals surface area contributed by atoms with Gasteiger partial charge in [-0.3, -0.25) is 37.3 Å². The summed E-state index contributed by atoms with van der Waals surface area (Å²) in [5.41, 5.74) is 0. The summed E-state index contributed by atoms with van der Waals surface area (Å²) >= 11 is 0. The molecule has 2 unspecified atom stereocenters. The quantitative estimate of drug-likeness (QED) is 0.0222. The van der Waals surface area contributed by atoms with Crippen LogP contribution in [-0.2, 0) is 65.4 Å². The predicted molar refractivity (Wildman–Crippen MR) is 405 cm³/mol. The molecular weight excluding hydrogens is 1290 g/mol. The molecule has 0 radical (unpaired) electrons. The van der Waals surface area contributed by atoms with Gasteiger partial charge >= 0.3 is 39.5 Å². The molecule has 0 aliphatic carbocycles. The molecular formula is C80H156O17P2. The SMILES string of the molecule is CCCCCCCCCCCCCCCCCCCCCCCCC(=O)O[C@H](COC(=O)CCCCCCCCCCCCCCCC(C)C)COP(=O)(O)OC[C@@H](O)COP(=O)(O)OC[C@@H](COC(=O)CCCCCCCCCC)OC(=O)CCCCCCCCCCCCCCC. The van der Waals surface area contributed by atoms with E-state index in [1.807, 2.05) is 0 Å². The highest BCUT2D eigenvalue weighted by molar-refractivity contribution is 7.47. The first kappa shape index (κ1) is 97.1. The van der Waals surface area contributed by atoms with Crippen molar-refractivity contribution in [2.45, 2.75) is 445 Å². The van der Waals surface area contributed by atoms with Gasteiger partial charge in [-0.2, -0.15) is 0 Å². The van der Waals surface area contributed by atoms with E-state index in [-0.39, 0.29) is 25.7 Å². The van der Waals surface area contributed by atoms with E-state index in [1.54, 1.807) is 0 Å². The van der Waals surface area contributed by atoms with E-state index >= 15 is 0 Å². The van der Waals surface area contributed by atoms with Crippen LogP contribution in [0.3, 0.4) is 0 Å². The summed E-state index contributed by atoms with van der Waals surface area (Å²) in [4.78, 5) is 72.9. The molecule has 0 aromatic rings. The number of carbonyl (C=O) groups is 4. The molecule has 588 valence electrons. The van der Waals surface area contributed by atoms with Crippen LogP contribution in [0, 0.1) is 5.92 Å². The number of phosphoric acid groups is 2. The molecule has 0 aromatic carbocycles. The average Bonchev–Trinajstić information content (AvgIpc) is 1.03. The highest BCUT2D eigenvalue weighted by atomic mass is 31.2. The molecule has 0 aromatic heterocycles. The fourth-order valence-electron chi connectivity index (χ4n) is 12.4. The number of hydrogen-bond acceptors (Lipinski definition) is 15. The first-order chi connectivity index (χ1) is 48.0. The zero-order valence-electron chi connectivity index (χ0n) is 64.6. The lowest BCUT2D eigenvalue weighted by molar-refractivity contribution is -0.161. The number of unbranched alkanes of at least 4 members (excludes halogenated alkanes) is 52. The highest BCUT2D eigenvalue weighted by Gasteiger charge is 2.30. The van der Waals surface area contributed by atoms with E-state index in [0.717, 1.165) is 102 Å². The van der Waals surface area contributed by atoms with Crippen molar-refractivity contribution >= 4 is 39.5 Å². The van der Waals surface area contributed by atoms with Crippen LogP contribution in [-0.4, -0.2) is 96.7 Å². The van der Waals surface area contributed by atoms with Gasteiger partial charge in [-0.05, 0) is 31.6 Å². The molecule has 0 heterocycles. The van der Waals surface area contributed by atoms with Gasteiger partial charge in [0.25, 0.3) is 0 Å². The van der Waals surface area contributed by atoms with E-state index in [1.165, 1.54) is 244 Å². The lowest BCUT2D eigenvalue weighted by Gasteiger charge is -2.21. The van der Waals surface area contributed by atoms with Gasteiger partial charge in [-0.15, -0.1) is 0 Å². The summed E-state index contributed by atoms with van der Waals surface area (Å²) in [5.74, 6) is -1.32. The molecule has 99 heavy (non-hydrogen) atoms. The van der Waals surface area contributed by atoms with Crippen LogP contribution in [0.2, 0.25) is 0 Å². The second kappa shape index (κ2) is 73.0. The van der Waals surface area contributed by atoms with Gasteiger partial charge in [0.05, 0.1) is 26.4 Å². The number of esters is 4. The maximum Gasteiger partial charge on any atom is 0.472 e. The number of aliphatic hydroxyl groups excluding tert-OH is 1. The molecule has 0 saturated heterocycles. The predicted octanol–water partition coefficient (Wildman–Crippen LogP) is 24.0. The molecule has 3 N–H and O–H groups in total. The minimum Gasteiger partial charge on any atom is -0.462 e. The number of carbonyl (C=O) groups excluding carboxylic acids is 4. The summed E-state index contributed by atoms with van der Waals surface area (Å²) in [6.07, 6.45) is 64.0. The zero-order valence-corrected chi connectivity index (χ0v) is 66.4. The van der Waals surface area contributed by atoms with Gasteiger partial charge in [-0.1, -0.05) is 375 Å². The van der Waals surface area contributed by atoms with E-state index in [4.69, 9.17) is 37.0 Å². The number of phosphoric ester groups is 2. The molecule has 17 nitrogen and oxygen atoms in total. The van der Waals surface area contributed by atoms with E-state index in [2.05, 4.69) is 34.6 Å². The fraction of sp³-hybridized carbons (Fsp3) is 0.950. The minimum atomic E-state index is -4.96. The van der Waals surface area contributed by atoms with Crippen molar-refractivity contribution in [1.82, 2.24) is 0 Å². The molecule has 0 bridgehead atoms.